The van der Waals surface area contributed by atoms with Crippen molar-refractivity contribution in [3.05, 3.63) is 20.8 Å². The molecule has 1 unspecified atom stereocenters. The fraction of sp³-hybridized carbons (Fsp3) is 0.545. The minimum atomic E-state index is 0.0350. The van der Waals surface area contributed by atoms with Gasteiger partial charge in [0.2, 0.25) is 0 Å². The first-order valence-electron chi connectivity index (χ1n) is 5.49. The van der Waals surface area contributed by atoms with Gasteiger partial charge in [0.1, 0.15) is 4.88 Å². The Morgan fingerprint density at radius 1 is 1.69 bits per heavy atom. The molecule has 1 aliphatic rings. The molecule has 2 rings (SSSR count). The molecule has 2 N–H and O–H groups in total. The van der Waals surface area contributed by atoms with E-state index in [4.69, 9.17) is 0 Å². The van der Waals surface area contributed by atoms with Crippen molar-refractivity contribution >= 4 is 33.2 Å². The summed E-state index contributed by atoms with van der Waals surface area (Å²) >= 11 is 4.83. The Balaban J connectivity index is 1.73. The second-order valence-corrected chi connectivity index (χ2v) is 5.77. The fourth-order valence-corrected chi connectivity index (χ4v) is 3.35. The maximum absolute atomic E-state index is 11.8. The number of halogens is 1. The van der Waals surface area contributed by atoms with Gasteiger partial charge in [-0.3, -0.25) is 4.79 Å². The summed E-state index contributed by atoms with van der Waals surface area (Å²) in [6, 6.07) is 1.90. The third-order valence-electron chi connectivity index (χ3n) is 2.82. The Morgan fingerprint density at radius 3 is 3.19 bits per heavy atom. The molecule has 1 aromatic heterocycles. The van der Waals surface area contributed by atoms with E-state index in [0.717, 1.165) is 41.3 Å². The molecule has 1 fully saturated rings. The van der Waals surface area contributed by atoms with Gasteiger partial charge in [-0.25, -0.2) is 0 Å². The Bertz CT molecular complexity index is 361. The maximum Gasteiger partial charge on any atom is 0.262 e. The van der Waals surface area contributed by atoms with Gasteiger partial charge in [-0.1, -0.05) is 0 Å². The summed E-state index contributed by atoms with van der Waals surface area (Å²) in [5.74, 6) is 0.764. The van der Waals surface area contributed by atoms with Crippen molar-refractivity contribution < 1.29 is 4.79 Å². The summed E-state index contributed by atoms with van der Waals surface area (Å²) < 4.78 is 0.887. The maximum atomic E-state index is 11.8. The van der Waals surface area contributed by atoms with Crippen molar-refractivity contribution in [3.8, 4) is 0 Å². The molecule has 1 saturated heterocycles. The van der Waals surface area contributed by atoms with Crippen molar-refractivity contribution in [1.29, 1.82) is 0 Å². The van der Waals surface area contributed by atoms with Crippen LogP contribution in [0.5, 0.6) is 0 Å². The van der Waals surface area contributed by atoms with Crippen LogP contribution in [0.15, 0.2) is 15.9 Å². The second kappa shape index (κ2) is 5.80. The molecule has 3 nitrogen and oxygen atoms in total. The van der Waals surface area contributed by atoms with Gasteiger partial charge in [-0.05, 0) is 59.2 Å². The predicted octanol–water partition coefficient (Wildman–Crippen LogP) is 2.24. The van der Waals surface area contributed by atoms with E-state index in [1.807, 2.05) is 11.4 Å². The lowest BCUT2D eigenvalue weighted by Gasteiger charge is -2.08. The summed E-state index contributed by atoms with van der Waals surface area (Å²) in [7, 11) is 0. The van der Waals surface area contributed by atoms with E-state index >= 15 is 0 Å². The van der Waals surface area contributed by atoms with Crippen LogP contribution in [0.4, 0.5) is 0 Å². The van der Waals surface area contributed by atoms with Crippen LogP contribution >= 0.6 is 27.3 Å². The van der Waals surface area contributed by atoms with Gasteiger partial charge in [0.25, 0.3) is 5.91 Å². The SMILES string of the molecule is O=C(NCCC1CCNC1)c1sccc1Br. The van der Waals surface area contributed by atoms with Crippen LogP contribution in [0.3, 0.4) is 0 Å². The Hall–Kier alpha value is -0.390. The van der Waals surface area contributed by atoms with E-state index in [1.165, 1.54) is 17.8 Å². The van der Waals surface area contributed by atoms with Gasteiger partial charge in [-0.2, -0.15) is 0 Å². The molecular formula is C11H15BrN2OS. The Morgan fingerprint density at radius 2 is 2.56 bits per heavy atom. The van der Waals surface area contributed by atoms with Gasteiger partial charge in [-0.15, -0.1) is 11.3 Å². The lowest BCUT2D eigenvalue weighted by molar-refractivity contribution is 0.0955. The third kappa shape index (κ3) is 3.06. The highest BCUT2D eigenvalue weighted by atomic mass is 79.9. The van der Waals surface area contributed by atoms with E-state index in [9.17, 15) is 4.79 Å². The lowest BCUT2D eigenvalue weighted by atomic mass is 10.1. The first-order chi connectivity index (χ1) is 7.77. The monoisotopic (exact) mass is 302 g/mol. The number of carbonyl (C=O) groups excluding carboxylic acids is 1. The molecule has 5 heteroatoms. The largest absolute Gasteiger partial charge is 0.351 e. The number of thiophene rings is 1. The molecule has 1 amide bonds. The molecule has 0 spiro atoms. The minimum Gasteiger partial charge on any atom is -0.351 e. The second-order valence-electron chi connectivity index (χ2n) is 4.00. The molecule has 0 aromatic carbocycles. The van der Waals surface area contributed by atoms with Gasteiger partial charge in [0, 0.05) is 11.0 Å². The quantitative estimate of drug-likeness (QED) is 0.895. The summed E-state index contributed by atoms with van der Waals surface area (Å²) in [5, 5.41) is 8.21. The van der Waals surface area contributed by atoms with Crippen LogP contribution in [-0.2, 0) is 0 Å². The number of carbonyl (C=O) groups is 1. The molecule has 88 valence electrons. The molecule has 0 saturated carbocycles. The highest BCUT2D eigenvalue weighted by molar-refractivity contribution is 9.10. The zero-order valence-electron chi connectivity index (χ0n) is 8.96. The van der Waals surface area contributed by atoms with Crippen molar-refractivity contribution in [2.24, 2.45) is 5.92 Å². The van der Waals surface area contributed by atoms with Crippen molar-refractivity contribution in [2.75, 3.05) is 19.6 Å². The fourth-order valence-electron chi connectivity index (χ4n) is 1.89. The number of nitrogens with one attached hydrogen (secondary N) is 2. The van der Waals surface area contributed by atoms with E-state index in [2.05, 4.69) is 26.6 Å². The van der Waals surface area contributed by atoms with Crippen LogP contribution in [-0.4, -0.2) is 25.5 Å². The van der Waals surface area contributed by atoms with Crippen LogP contribution in [0.2, 0.25) is 0 Å². The van der Waals surface area contributed by atoms with Crippen LogP contribution in [0, 0.1) is 5.92 Å². The van der Waals surface area contributed by atoms with Crippen molar-refractivity contribution in [2.45, 2.75) is 12.8 Å². The zero-order chi connectivity index (χ0) is 11.4. The first-order valence-corrected chi connectivity index (χ1v) is 7.16. The Labute approximate surface area is 108 Å². The molecular weight excluding hydrogens is 288 g/mol. The van der Waals surface area contributed by atoms with E-state index < -0.39 is 0 Å². The van der Waals surface area contributed by atoms with Gasteiger partial charge < -0.3 is 10.6 Å². The molecule has 2 heterocycles. The van der Waals surface area contributed by atoms with Gasteiger partial charge >= 0.3 is 0 Å². The van der Waals surface area contributed by atoms with Crippen LogP contribution in [0.25, 0.3) is 0 Å². The standard InChI is InChI=1S/C11H15BrN2OS/c12-9-3-6-16-10(9)11(15)14-5-2-8-1-4-13-7-8/h3,6,8,13H,1-2,4-5,7H2,(H,14,15). The molecule has 16 heavy (non-hydrogen) atoms. The van der Waals surface area contributed by atoms with Crippen LogP contribution in [0.1, 0.15) is 22.5 Å². The first kappa shape index (κ1) is 12.1. The molecule has 0 bridgehead atoms. The Kier molecular flexibility index (Phi) is 4.37. The number of hydrogen-bond donors (Lipinski definition) is 2. The molecule has 0 radical (unpaired) electrons. The van der Waals surface area contributed by atoms with Gasteiger partial charge in [0.05, 0.1) is 0 Å². The van der Waals surface area contributed by atoms with E-state index in [-0.39, 0.29) is 5.91 Å². The summed E-state index contributed by atoms with van der Waals surface area (Å²) in [6.45, 7) is 2.99. The smallest absolute Gasteiger partial charge is 0.262 e. The number of amides is 1. The predicted molar refractivity (Wildman–Crippen MR) is 69.9 cm³/mol. The number of rotatable bonds is 4. The lowest BCUT2D eigenvalue weighted by Crippen LogP contribution is -2.25. The topological polar surface area (TPSA) is 41.1 Å². The molecule has 1 aromatic rings. The molecule has 0 aliphatic carbocycles. The highest BCUT2D eigenvalue weighted by Gasteiger charge is 2.15. The normalized spacial score (nSPS) is 19.9. The third-order valence-corrected chi connectivity index (χ3v) is 4.66. The van der Waals surface area contributed by atoms with Crippen molar-refractivity contribution in [1.82, 2.24) is 10.6 Å². The molecule has 1 aliphatic heterocycles. The van der Waals surface area contributed by atoms with Crippen LogP contribution < -0.4 is 10.6 Å². The summed E-state index contributed by atoms with van der Waals surface area (Å²) in [5.41, 5.74) is 0. The number of hydrogen-bond acceptors (Lipinski definition) is 3. The van der Waals surface area contributed by atoms with Gasteiger partial charge in [0.15, 0.2) is 0 Å². The van der Waals surface area contributed by atoms with Crippen molar-refractivity contribution in [3.63, 3.8) is 0 Å². The minimum absolute atomic E-state index is 0.0350. The average Bonchev–Trinajstić information content (AvgIpc) is 2.88. The highest BCUT2D eigenvalue weighted by Crippen LogP contribution is 2.22. The summed E-state index contributed by atoms with van der Waals surface area (Å²) in [6.07, 6.45) is 2.31. The summed E-state index contributed by atoms with van der Waals surface area (Å²) in [4.78, 5) is 12.5. The van der Waals surface area contributed by atoms with E-state index in [0.29, 0.717) is 0 Å². The van der Waals surface area contributed by atoms with E-state index in [1.54, 1.807) is 0 Å². The molecule has 1 atom stereocenters. The average molecular weight is 303 g/mol. The zero-order valence-corrected chi connectivity index (χ0v) is 11.4.